The number of morpholine rings is 1. The number of nitrogens with one attached hydrogen (secondary N) is 1. The zero-order chi connectivity index (χ0) is 12.8. The van der Waals surface area contributed by atoms with Gasteiger partial charge < -0.3 is 14.8 Å². The van der Waals surface area contributed by atoms with E-state index in [0.717, 1.165) is 58.8 Å². The lowest BCUT2D eigenvalue weighted by Crippen LogP contribution is -2.42. The van der Waals surface area contributed by atoms with Gasteiger partial charge in [0.1, 0.15) is 6.61 Å². The molecule has 0 aromatic rings. The molecular weight excluding hydrogens is 232 g/mol. The lowest BCUT2D eigenvalue weighted by Gasteiger charge is -2.32. The predicted octanol–water partition coefficient (Wildman–Crippen LogP) is 0.252. The Morgan fingerprint density at radius 1 is 1.33 bits per heavy atom. The smallest absolute Gasteiger partial charge is 0.311 e. The first-order valence-corrected chi connectivity index (χ1v) is 6.89. The monoisotopic (exact) mass is 256 g/mol. The van der Waals surface area contributed by atoms with E-state index >= 15 is 0 Å². The molecule has 0 bridgehead atoms. The Balaban J connectivity index is 1.67. The third-order valence-corrected chi connectivity index (χ3v) is 3.94. The maximum absolute atomic E-state index is 12.1. The molecule has 0 aliphatic carbocycles. The molecule has 0 atom stereocenters. The first-order chi connectivity index (χ1) is 8.71. The molecule has 2 heterocycles. The zero-order valence-corrected chi connectivity index (χ0v) is 11.2. The van der Waals surface area contributed by atoms with E-state index < -0.39 is 0 Å². The Morgan fingerprint density at radius 2 is 2.00 bits per heavy atom. The highest BCUT2D eigenvalue weighted by atomic mass is 16.5. The van der Waals surface area contributed by atoms with Crippen molar-refractivity contribution in [2.75, 3.05) is 52.5 Å². The summed E-state index contributed by atoms with van der Waals surface area (Å²) in [6.45, 7) is 8.63. The summed E-state index contributed by atoms with van der Waals surface area (Å²) in [7, 11) is 0. The summed E-state index contributed by atoms with van der Waals surface area (Å²) < 4.78 is 10.7. The molecular formula is C13H24N2O3. The van der Waals surface area contributed by atoms with Crippen molar-refractivity contribution >= 4 is 5.97 Å². The molecule has 18 heavy (non-hydrogen) atoms. The normalized spacial score (nSPS) is 24.7. The number of carbonyl (C=O) groups is 1. The molecule has 2 aliphatic heterocycles. The second-order valence-corrected chi connectivity index (χ2v) is 5.40. The van der Waals surface area contributed by atoms with Gasteiger partial charge in [-0.3, -0.25) is 9.69 Å². The molecule has 0 amide bonds. The van der Waals surface area contributed by atoms with Gasteiger partial charge in [0, 0.05) is 19.6 Å². The zero-order valence-electron chi connectivity index (χ0n) is 11.2. The largest absolute Gasteiger partial charge is 0.464 e. The molecule has 2 rings (SSSR count). The van der Waals surface area contributed by atoms with Crippen LogP contribution in [0.25, 0.3) is 0 Å². The van der Waals surface area contributed by atoms with Gasteiger partial charge in [-0.25, -0.2) is 0 Å². The van der Waals surface area contributed by atoms with Crippen molar-refractivity contribution in [3.8, 4) is 0 Å². The van der Waals surface area contributed by atoms with Crippen LogP contribution in [0.5, 0.6) is 0 Å². The van der Waals surface area contributed by atoms with Gasteiger partial charge in [0.15, 0.2) is 0 Å². The van der Waals surface area contributed by atoms with Gasteiger partial charge in [0.25, 0.3) is 0 Å². The number of ether oxygens (including phenoxy) is 2. The minimum Gasteiger partial charge on any atom is -0.464 e. The summed E-state index contributed by atoms with van der Waals surface area (Å²) in [5.41, 5.74) is -0.281. The molecule has 0 radical (unpaired) electrons. The van der Waals surface area contributed by atoms with Crippen LogP contribution in [0.1, 0.15) is 19.8 Å². The molecule has 2 aliphatic rings. The lowest BCUT2D eigenvalue weighted by molar-refractivity contribution is -0.157. The van der Waals surface area contributed by atoms with E-state index in [2.05, 4.69) is 10.2 Å². The average molecular weight is 256 g/mol. The second kappa shape index (κ2) is 6.50. The van der Waals surface area contributed by atoms with E-state index in [9.17, 15) is 4.79 Å². The number of carbonyl (C=O) groups excluding carboxylic acids is 1. The highest BCUT2D eigenvalue weighted by Gasteiger charge is 2.36. The van der Waals surface area contributed by atoms with Gasteiger partial charge in [0.05, 0.1) is 18.6 Å². The number of hydrogen-bond donors (Lipinski definition) is 1. The number of nitrogens with zero attached hydrogens (tertiary/aromatic N) is 1. The highest BCUT2D eigenvalue weighted by molar-refractivity contribution is 5.76. The first kappa shape index (κ1) is 13.8. The van der Waals surface area contributed by atoms with Crippen molar-refractivity contribution in [3.63, 3.8) is 0 Å². The number of piperidine rings is 1. The van der Waals surface area contributed by atoms with E-state index in [-0.39, 0.29) is 11.4 Å². The standard InChI is InChI=1S/C13H24N2O3/c1-13(2-4-14-5-3-13)12(16)18-11-8-15-6-9-17-10-7-15/h14H,2-11H2,1H3. The van der Waals surface area contributed by atoms with Crippen LogP contribution in [0.2, 0.25) is 0 Å². The minimum atomic E-state index is -0.281. The number of esters is 1. The molecule has 0 saturated carbocycles. The molecule has 1 N–H and O–H groups in total. The van der Waals surface area contributed by atoms with Crippen LogP contribution in [0.15, 0.2) is 0 Å². The first-order valence-electron chi connectivity index (χ1n) is 6.89. The van der Waals surface area contributed by atoms with E-state index in [1.807, 2.05) is 6.92 Å². The van der Waals surface area contributed by atoms with Crippen LogP contribution in [0, 0.1) is 5.41 Å². The maximum atomic E-state index is 12.1. The summed E-state index contributed by atoms with van der Waals surface area (Å²) >= 11 is 0. The fraction of sp³-hybridized carbons (Fsp3) is 0.923. The van der Waals surface area contributed by atoms with E-state index in [1.165, 1.54) is 0 Å². The third-order valence-electron chi connectivity index (χ3n) is 3.94. The Morgan fingerprint density at radius 3 is 2.67 bits per heavy atom. The molecule has 0 aromatic heterocycles. The van der Waals surface area contributed by atoms with Crippen molar-refractivity contribution in [2.45, 2.75) is 19.8 Å². The van der Waals surface area contributed by atoms with Gasteiger partial charge in [-0.2, -0.15) is 0 Å². The van der Waals surface area contributed by atoms with Crippen molar-refractivity contribution in [2.24, 2.45) is 5.41 Å². The van der Waals surface area contributed by atoms with Gasteiger partial charge in [-0.1, -0.05) is 0 Å². The summed E-state index contributed by atoms with van der Waals surface area (Å²) in [6.07, 6.45) is 1.76. The van der Waals surface area contributed by atoms with Gasteiger partial charge >= 0.3 is 5.97 Å². The van der Waals surface area contributed by atoms with Crippen LogP contribution >= 0.6 is 0 Å². The highest BCUT2D eigenvalue weighted by Crippen LogP contribution is 2.29. The van der Waals surface area contributed by atoms with Crippen LogP contribution in [0.4, 0.5) is 0 Å². The second-order valence-electron chi connectivity index (χ2n) is 5.40. The van der Waals surface area contributed by atoms with Crippen LogP contribution in [-0.4, -0.2) is 63.4 Å². The molecule has 5 heteroatoms. The number of hydrogen-bond acceptors (Lipinski definition) is 5. The summed E-state index contributed by atoms with van der Waals surface area (Å²) in [4.78, 5) is 14.3. The number of rotatable bonds is 4. The van der Waals surface area contributed by atoms with Crippen LogP contribution in [-0.2, 0) is 14.3 Å². The van der Waals surface area contributed by atoms with Gasteiger partial charge in [-0.05, 0) is 32.9 Å². The lowest BCUT2D eigenvalue weighted by atomic mass is 9.81. The van der Waals surface area contributed by atoms with Crippen molar-refractivity contribution in [1.29, 1.82) is 0 Å². The molecule has 2 saturated heterocycles. The Bertz CT molecular complexity index is 271. The molecule has 0 aromatic carbocycles. The minimum absolute atomic E-state index is 0.0303. The van der Waals surface area contributed by atoms with Crippen molar-refractivity contribution in [3.05, 3.63) is 0 Å². The molecule has 0 unspecified atom stereocenters. The maximum Gasteiger partial charge on any atom is 0.311 e. The van der Waals surface area contributed by atoms with E-state index in [1.54, 1.807) is 0 Å². The molecule has 2 fully saturated rings. The Labute approximate surface area is 109 Å². The average Bonchev–Trinajstić information content (AvgIpc) is 2.41. The fourth-order valence-electron chi connectivity index (χ4n) is 2.45. The van der Waals surface area contributed by atoms with Crippen molar-refractivity contribution < 1.29 is 14.3 Å². The topological polar surface area (TPSA) is 50.8 Å². The van der Waals surface area contributed by atoms with E-state index in [4.69, 9.17) is 9.47 Å². The summed E-state index contributed by atoms with van der Waals surface area (Å²) in [5, 5.41) is 3.27. The summed E-state index contributed by atoms with van der Waals surface area (Å²) in [5.74, 6) is -0.0303. The third kappa shape index (κ3) is 3.67. The van der Waals surface area contributed by atoms with Gasteiger partial charge in [0.2, 0.25) is 0 Å². The van der Waals surface area contributed by atoms with Crippen LogP contribution in [0.3, 0.4) is 0 Å². The Kier molecular flexibility index (Phi) is 4.97. The van der Waals surface area contributed by atoms with Gasteiger partial charge in [-0.15, -0.1) is 0 Å². The SMILES string of the molecule is CC1(C(=O)OCCN2CCOCC2)CCNCC1. The predicted molar refractivity (Wildman–Crippen MR) is 68.4 cm³/mol. The summed E-state index contributed by atoms with van der Waals surface area (Å²) in [6, 6.07) is 0. The van der Waals surface area contributed by atoms with E-state index in [0.29, 0.717) is 6.61 Å². The fourth-order valence-corrected chi connectivity index (χ4v) is 2.45. The van der Waals surface area contributed by atoms with Crippen molar-refractivity contribution in [1.82, 2.24) is 10.2 Å². The molecule has 0 spiro atoms. The molecule has 5 nitrogen and oxygen atoms in total. The molecule has 104 valence electrons. The quantitative estimate of drug-likeness (QED) is 0.731. The Hall–Kier alpha value is -0.650. The van der Waals surface area contributed by atoms with Crippen LogP contribution < -0.4 is 5.32 Å².